The molecule has 3 nitrogen and oxygen atoms in total. The van der Waals surface area contributed by atoms with E-state index in [9.17, 15) is 4.79 Å². The van der Waals surface area contributed by atoms with Crippen LogP contribution in [0, 0.1) is 0 Å². The molecule has 1 rings (SSSR count). The number of hydrogen-bond acceptors (Lipinski definition) is 2. The topological polar surface area (TPSA) is 55.1 Å². The maximum absolute atomic E-state index is 11.6. The van der Waals surface area contributed by atoms with Gasteiger partial charge in [-0.3, -0.25) is 4.79 Å². The Hall–Kier alpha value is -1.48. The van der Waals surface area contributed by atoms with Crippen LogP contribution in [0.4, 0.5) is 5.69 Å². The SMILES string of the molecule is C=C(C)CNC(=O)c1cc(Cl)ccc1N. The lowest BCUT2D eigenvalue weighted by Gasteiger charge is -2.07. The molecule has 80 valence electrons. The van der Waals surface area contributed by atoms with Crippen LogP contribution in [0.5, 0.6) is 0 Å². The molecule has 0 saturated carbocycles. The lowest BCUT2D eigenvalue weighted by molar-refractivity contribution is 0.0958. The predicted molar refractivity (Wildman–Crippen MR) is 63.0 cm³/mol. The maximum Gasteiger partial charge on any atom is 0.253 e. The van der Waals surface area contributed by atoms with Gasteiger partial charge in [-0.25, -0.2) is 0 Å². The molecule has 3 N–H and O–H groups in total. The summed E-state index contributed by atoms with van der Waals surface area (Å²) in [6.07, 6.45) is 0. The molecule has 15 heavy (non-hydrogen) atoms. The van der Waals surface area contributed by atoms with Crippen molar-refractivity contribution in [1.29, 1.82) is 0 Å². The van der Waals surface area contributed by atoms with Gasteiger partial charge in [-0.15, -0.1) is 0 Å². The molecule has 0 aromatic heterocycles. The number of carbonyl (C=O) groups excluding carboxylic acids is 1. The Balaban J connectivity index is 2.81. The highest BCUT2D eigenvalue weighted by Crippen LogP contribution is 2.17. The monoisotopic (exact) mass is 224 g/mol. The second kappa shape index (κ2) is 4.84. The van der Waals surface area contributed by atoms with E-state index < -0.39 is 0 Å². The third-order valence-corrected chi connectivity index (χ3v) is 2.05. The van der Waals surface area contributed by atoms with E-state index in [0.29, 0.717) is 22.8 Å². The van der Waals surface area contributed by atoms with Crippen molar-refractivity contribution in [2.45, 2.75) is 6.92 Å². The molecule has 0 radical (unpaired) electrons. The second-order valence-corrected chi connectivity index (χ2v) is 3.81. The first-order valence-electron chi connectivity index (χ1n) is 4.48. The van der Waals surface area contributed by atoms with E-state index in [-0.39, 0.29) is 5.91 Å². The largest absolute Gasteiger partial charge is 0.398 e. The molecule has 0 fully saturated rings. The Morgan fingerprint density at radius 3 is 2.87 bits per heavy atom. The highest BCUT2D eigenvalue weighted by Gasteiger charge is 2.09. The molecular formula is C11H13ClN2O. The summed E-state index contributed by atoms with van der Waals surface area (Å²) in [5.74, 6) is -0.238. The minimum atomic E-state index is -0.238. The number of benzene rings is 1. The Morgan fingerprint density at radius 2 is 2.27 bits per heavy atom. The summed E-state index contributed by atoms with van der Waals surface area (Å²) in [5.41, 5.74) is 7.34. The first kappa shape index (κ1) is 11.6. The second-order valence-electron chi connectivity index (χ2n) is 3.37. The predicted octanol–water partition coefficient (Wildman–Crippen LogP) is 2.23. The van der Waals surface area contributed by atoms with Crippen LogP contribution in [0.1, 0.15) is 17.3 Å². The summed E-state index contributed by atoms with van der Waals surface area (Å²) in [6.45, 7) is 5.96. The number of nitrogens with two attached hydrogens (primary N) is 1. The van der Waals surface area contributed by atoms with Gasteiger partial charge in [-0.2, -0.15) is 0 Å². The Kier molecular flexibility index (Phi) is 3.74. The molecule has 0 bridgehead atoms. The van der Waals surface area contributed by atoms with Gasteiger partial charge in [0.25, 0.3) is 5.91 Å². The molecular weight excluding hydrogens is 212 g/mol. The third-order valence-electron chi connectivity index (χ3n) is 1.81. The number of amides is 1. The van der Waals surface area contributed by atoms with E-state index in [4.69, 9.17) is 17.3 Å². The number of carbonyl (C=O) groups is 1. The minimum absolute atomic E-state index is 0.238. The Labute approximate surface area is 93.9 Å². The number of nitrogens with one attached hydrogen (secondary N) is 1. The van der Waals surface area contributed by atoms with Crippen molar-refractivity contribution in [3.8, 4) is 0 Å². The first-order valence-corrected chi connectivity index (χ1v) is 4.86. The van der Waals surface area contributed by atoms with E-state index in [1.165, 1.54) is 0 Å². The molecule has 0 aliphatic carbocycles. The van der Waals surface area contributed by atoms with E-state index in [1.807, 2.05) is 6.92 Å². The van der Waals surface area contributed by atoms with Gasteiger partial charge >= 0.3 is 0 Å². The van der Waals surface area contributed by atoms with Crippen molar-refractivity contribution >= 4 is 23.2 Å². The summed E-state index contributed by atoms with van der Waals surface area (Å²) in [4.78, 5) is 11.6. The van der Waals surface area contributed by atoms with Crippen molar-refractivity contribution in [1.82, 2.24) is 5.32 Å². The van der Waals surface area contributed by atoms with Crippen LogP contribution in [0.3, 0.4) is 0 Å². The minimum Gasteiger partial charge on any atom is -0.398 e. The lowest BCUT2D eigenvalue weighted by atomic mass is 10.1. The zero-order valence-corrected chi connectivity index (χ0v) is 9.27. The van der Waals surface area contributed by atoms with Crippen molar-refractivity contribution in [3.05, 3.63) is 40.9 Å². The molecule has 1 aromatic carbocycles. The van der Waals surface area contributed by atoms with Crippen LogP contribution in [-0.2, 0) is 0 Å². The first-order chi connectivity index (χ1) is 7.00. The molecule has 4 heteroatoms. The quantitative estimate of drug-likeness (QED) is 0.611. The van der Waals surface area contributed by atoms with E-state index in [2.05, 4.69) is 11.9 Å². The van der Waals surface area contributed by atoms with Gasteiger partial charge in [0.15, 0.2) is 0 Å². The summed E-state index contributed by atoms with van der Waals surface area (Å²) in [6, 6.07) is 4.80. The zero-order valence-electron chi connectivity index (χ0n) is 8.51. The van der Waals surface area contributed by atoms with Gasteiger partial charge in [0.2, 0.25) is 0 Å². The number of anilines is 1. The van der Waals surface area contributed by atoms with Crippen LogP contribution in [0.15, 0.2) is 30.4 Å². The van der Waals surface area contributed by atoms with E-state index in [0.717, 1.165) is 5.57 Å². The molecule has 0 unspecified atom stereocenters. The molecule has 1 amide bonds. The summed E-state index contributed by atoms with van der Waals surface area (Å²) >= 11 is 5.77. The number of nitrogen functional groups attached to an aromatic ring is 1. The van der Waals surface area contributed by atoms with Crippen molar-refractivity contribution in [2.24, 2.45) is 0 Å². The molecule has 0 spiro atoms. The fourth-order valence-electron chi connectivity index (χ4n) is 1.05. The number of rotatable bonds is 3. The smallest absolute Gasteiger partial charge is 0.253 e. The number of hydrogen-bond donors (Lipinski definition) is 2. The van der Waals surface area contributed by atoms with Gasteiger partial charge in [0.1, 0.15) is 0 Å². The number of halogens is 1. The van der Waals surface area contributed by atoms with Gasteiger partial charge in [0.05, 0.1) is 5.56 Å². The lowest BCUT2D eigenvalue weighted by Crippen LogP contribution is -2.25. The van der Waals surface area contributed by atoms with Crippen molar-refractivity contribution in [2.75, 3.05) is 12.3 Å². The average molecular weight is 225 g/mol. The standard InChI is InChI=1S/C11H13ClN2O/c1-7(2)6-14-11(15)9-5-8(12)3-4-10(9)13/h3-5H,1,6,13H2,2H3,(H,14,15). The molecule has 0 aliphatic heterocycles. The van der Waals surface area contributed by atoms with Gasteiger partial charge in [0, 0.05) is 17.3 Å². The fraction of sp³-hybridized carbons (Fsp3) is 0.182. The molecule has 0 saturated heterocycles. The van der Waals surface area contributed by atoms with Crippen LogP contribution >= 0.6 is 11.6 Å². The third kappa shape index (κ3) is 3.29. The summed E-state index contributed by atoms with van der Waals surface area (Å²) < 4.78 is 0. The van der Waals surface area contributed by atoms with Crippen molar-refractivity contribution in [3.63, 3.8) is 0 Å². The van der Waals surface area contributed by atoms with Crippen LogP contribution < -0.4 is 11.1 Å². The van der Waals surface area contributed by atoms with Crippen molar-refractivity contribution < 1.29 is 4.79 Å². The molecule has 1 aromatic rings. The summed E-state index contributed by atoms with van der Waals surface area (Å²) in [5, 5.41) is 3.18. The van der Waals surface area contributed by atoms with E-state index >= 15 is 0 Å². The highest BCUT2D eigenvalue weighted by molar-refractivity contribution is 6.31. The molecule has 0 aliphatic rings. The zero-order chi connectivity index (χ0) is 11.4. The Bertz CT molecular complexity index is 402. The van der Waals surface area contributed by atoms with Gasteiger partial charge in [-0.1, -0.05) is 23.8 Å². The van der Waals surface area contributed by atoms with Crippen LogP contribution in [0.25, 0.3) is 0 Å². The normalized spacial score (nSPS) is 9.73. The fourth-order valence-corrected chi connectivity index (χ4v) is 1.22. The maximum atomic E-state index is 11.6. The van der Waals surface area contributed by atoms with Crippen LogP contribution in [0.2, 0.25) is 5.02 Å². The van der Waals surface area contributed by atoms with Gasteiger partial charge in [-0.05, 0) is 25.1 Å². The Morgan fingerprint density at radius 1 is 1.60 bits per heavy atom. The molecule has 0 atom stereocenters. The summed E-state index contributed by atoms with van der Waals surface area (Å²) in [7, 11) is 0. The van der Waals surface area contributed by atoms with E-state index in [1.54, 1.807) is 18.2 Å². The average Bonchev–Trinajstić information content (AvgIpc) is 2.18. The highest BCUT2D eigenvalue weighted by atomic mass is 35.5. The van der Waals surface area contributed by atoms with Gasteiger partial charge < -0.3 is 11.1 Å². The van der Waals surface area contributed by atoms with Crippen LogP contribution in [-0.4, -0.2) is 12.5 Å². The molecule has 0 heterocycles.